The lowest BCUT2D eigenvalue weighted by molar-refractivity contribution is -0.384. The van der Waals surface area contributed by atoms with Gasteiger partial charge in [-0.2, -0.15) is 0 Å². The molecule has 1 aliphatic rings. The third-order valence-corrected chi connectivity index (χ3v) is 7.94. The average Bonchev–Trinajstić information content (AvgIpc) is 3.40. The molecule has 0 spiro atoms. The Labute approximate surface area is 210 Å². The van der Waals surface area contributed by atoms with Gasteiger partial charge in [-0.25, -0.2) is 8.42 Å². The van der Waals surface area contributed by atoms with Crippen LogP contribution >= 0.6 is 0 Å². The Morgan fingerprint density at radius 2 is 1.53 bits per heavy atom. The zero-order valence-electron chi connectivity index (χ0n) is 19.7. The maximum Gasteiger partial charge on any atom is 0.269 e. The van der Waals surface area contributed by atoms with Crippen LogP contribution in [0.3, 0.4) is 0 Å². The Hall–Kier alpha value is -3.76. The highest BCUT2D eigenvalue weighted by Crippen LogP contribution is 2.26. The normalized spacial score (nSPS) is 13.9. The zero-order chi connectivity index (χ0) is 25.5. The molecule has 1 saturated heterocycles. The van der Waals surface area contributed by atoms with Crippen molar-refractivity contribution in [1.29, 1.82) is 0 Å². The van der Waals surface area contributed by atoms with Crippen LogP contribution in [0.15, 0.2) is 83.8 Å². The second kappa shape index (κ2) is 11.3. The molecule has 0 aromatic heterocycles. The SMILES string of the molecule is O=C(CN(c1ccc([N+](=O)[O-])cc1)S(=O)(=O)c1ccccc1)NCc1ccccc1CN1CCCC1. The van der Waals surface area contributed by atoms with E-state index in [0.29, 0.717) is 0 Å². The molecule has 1 aliphatic heterocycles. The van der Waals surface area contributed by atoms with Gasteiger partial charge in [0.05, 0.1) is 15.5 Å². The van der Waals surface area contributed by atoms with Gasteiger partial charge >= 0.3 is 0 Å². The molecule has 3 aromatic rings. The number of anilines is 1. The van der Waals surface area contributed by atoms with Crippen molar-refractivity contribution in [1.82, 2.24) is 10.2 Å². The van der Waals surface area contributed by atoms with Crippen LogP contribution in [0.4, 0.5) is 11.4 Å². The molecule has 188 valence electrons. The highest BCUT2D eigenvalue weighted by atomic mass is 32.2. The molecule has 1 fully saturated rings. The summed E-state index contributed by atoms with van der Waals surface area (Å²) in [6.45, 7) is 2.72. The number of non-ortho nitro benzene ring substituents is 1. The van der Waals surface area contributed by atoms with E-state index in [0.717, 1.165) is 35.1 Å². The van der Waals surface area contributed by atoms with Crippen molar-refractivity contribution >= 4 is 27.3 Å². The van der Waals surface area contributed by atoms with Crippen molar-refractivity contribution in [3.63, 3.8) is 0 Å². The van der Waals surface area contributed by atoms with Crippen molar-refractivity contribution in [3.8, 4) is 0 Å². The van der Waals surface area contributed by atoms with E-state index in [1.54, 1.807) is 18.2 Å². The van der Waals surface area contributed by atoms with Crippen LogP contribution in [0.25, 0.3) is 0 Å². The van der Waals surface area contributed by atoms with Crippen molar-refractivity contribution < 1.29 is 18.1 Å². The van der Waals surface area contributed by atoms with Gasteiger partial charge in [-0.3, -0.25) is 24.1 Å². The molecule has 0 radical (unpaired) electrons. The van der Waals surface area contributed by atoms with Crippen LogP contribution in [0, 0.1) is 10.1 Å². The highest BCUT2D eigenvalue weighted by molar-refractivity contribution is 7.92. The number of carbonyl (C=O) groups excluding carboxylic acids is 1. The summed E-state index contributed by atoms with van der Waals surface area (Å²) in [5.41, 5.74) is 2.10. The molecule has 9 nitrogen and oxygen atoms in total. The van der Waals surface area contributed by atoms with Crippen LogP contribution in [-0.4, -0.2) is 43.8 Å². The van der Waals surface area contributed by atoms with Gasteiger partial charge in [0.2, 0.25) is 5.91 Å². The molecule has 1 N–H and O–H groups in total. The topological polar surface area (TPSA) is 113 Å². The lowest BCUT2D eigenvalue weighted by Gasteiger charge is -2.24. The van der Waals surface area contributed by atoms with Crippen LogP contribution < -0.4 is 9.62 Å². The number of benzene rings is 3. The average molecular weight is 509 g/mol. The van der Waals surface area contributed by atoms with Gasteiger partial charge in [0.15, 0.2) is 0 Å². The number of nitro groups is 1. The summed E-state index contributed by atoms with van der Waals surface area (Å²) in [6.07, 6.45) is 2.38. The Morgan fingerprint density at radius 1 is 0.917 bits per heavy atom. The number of amides is 1. The summed E-state index contributed by atoms with van der Waals surface area (Å²) in [5, 5.41) is 13.9. The van der Waals surface area contributed by atoms with Crippen LogP contribution in [0.2, 0.25) is 0 Å². The van der Waals surface area contributed by atoms with Gasteiger partial charge in [0.1, 0.15) is 6.54 Å². The number of carbonyl (C=O) groups is 1. The molecule has 0 saturated carbocycles. The number of rotatable bonds is 10. The molecule has 0 atom stereocenters. The molecule has 4 rings (SSSR count). The molecule has 0 aliphatic carbocycles. The van der Waals surface area contributed by atoms with Crippen molar-refractivity contribution in [2.45, 2.75) is 30.8 Å². The van der Waals surface area contributed by atoms with E-state index in [4.69, 9.17) is 0 Å². The van der Waals surface area contributed by atoms with Crippen LogP contribution in [-0.2, 0) is 27.9 Å². The Morgan fingerprint density at radius 3 is 2.17 bits per heavy atom. The first-order chi connectivity index (χ1) is 17.3. The summed E-state index contributed by atoms with van der Waals surface area (Å²) < 4.78 is 27.8. The fraction of sp³-hybridized carbons (Fsp3) is 0.269. The summed E-state index contributed by atoms with van der Waals surface area (Å²) in [5.74, 6) is -0.483. The monoisotopic (exact) mass is 508 g/mol. The standard InChI is InChI=1S/C26H28N4O5S/c31-26(27-18-21-8-4-5-9-22(21)19-28-16-6-7-17-28)20-29(23-12-14-24(15-13-23)30(32)33)36(34,35)25-10-2-1-3-11-25/h1-5,8-15H,6-7,16-20H2,(H,27,31). The van der Waals surface area contributed by atoms with E-state index >= 15 is 0 Å². The second-order valence-corrected chi connectivity index (χ2v) is 10.5. The Kier molecular flexibility index (Phi) is 7.97. The van der Waals surface area contributed by atoms with Crippen LogP contribution in [0.1, 0.15) is 24.0 Å². The van der Waals surface area contributed by atoms with Crippen molar-refractivity contribution in [2.75, 3.05) is 23.9 Å². The van der Waals surface area contributed by atoms with Crippen molar-refractivity contribution in [3.05, 3.63) is 100 Å². The first-order valence-corrected chi connectivity index (χ1v) is 13.2. The van der Waals surface area contributed by atoms with Crippen LogP contribution in [0.5, 0.6) is 0 Å². The third-order valence-electron chi connectivity index (χ3n) is 6.15. The number of nitrogens with zero attached hydrogens (tertiary/aromatic N) is 3. The van der Waals surface area contributed by atoms with Gasteiger partial charge in [-0.05, 0) is 61.3 Å². The van der Waals surface area contributed by atoms with Gasteiger partial charge in [-0.1, -0.05) is 42.5 Å². The summed E-state index contributed by atoms with van der Waals surface area (Å²) in [4.78, 5) is 25.8. The molecule has 0 bridgehead atoms. The van der Waals surface area contributed by atoms with E-state index < -0.39 is 27.4 Å². The molecular formula is C26H28N4O5S. The van der Waals surface area contributed by atoms with Gasteiger partial charge in [0.25, 0.3) is 15.7 Å². The van der Waals surface area contributed by atoms with E-state index in [9.17, 15) is 23.3 Å². The summed E-state index contributed by atoms with van der Waals surface area (Å²) >= 11 is 0. The van der Waals surface area contributed by atoms with E-state index in [2.05, 4.69) is 10.2 Å². The lowest BCUT2D eigenvalue weighted by atomic mass is 10.1. The van der Waals surface area contributed by atoms with E-state index in [1.165, 1.54) is 49.2 Å². The maximum absolute atomic E-state index is 13.4. The fourth-order valence-corrected chi connectivity index (χ4v) is 5.66. The number of nitrogens with one attached hydrogen (secondary N) is 1. The summed E-state index contributed by atoms with van der Waals surface area (Å²) in [7, 11) is -4.09. The summed E-state index contributed by atoms with van der Waals surface area (Å²) in [6, 6.07) is 20.8. The van der Waals surface area contributed by atoms with E-state index in [1.807, 2.05) is 24.3 Å². The molecule has 0 unspecified atom stereocenters. The van der Waals surface area contributed by atoms with E-state index in [-0.39, 0.29) is 22.8 Å². The van der Waals surface area contributed by atoms with Gasteiger partial charge in [0, 0.05) is 25.2 Å². The van der Waals surface area contributed by atoms with Gasteiger partial charge < -0.3 is 5.32 Å². The Bertz CT molecular complexity index is 1310. The number of hydrogen-bond donors (Lipinski definition) is 1. The zero-order valence-corrected chi connectivity index (χ0v) is 20.6. The first-order valence-electron chi connectivity index (χ1n) is 11.7. The number of nitro benzene ring substituents is 1. The quantitative estimate of drug-likeness (QED) is 0.330. The minimum Gasteiger partial charge on any atom is -0.350 e. The van der Waals surface area contributed by atoms with Crippen molar-refractivity contribution in [2.24, 2.45) is 0 Å². The molecule has 3 aromatic carbocycles. The maximum atomic E-state index is 13.4. The molecule has 1 heterocycles. The number of sulfonamides is 1. The molecule has 1 amide bonds. The fourth-order valence-electron chi connectivity index (χ4n) is 4.22. The third kappa shape index (κ3) is 6.07. The minimum absolute atomic E-state index is 0.0205. The minimum atomic E-state index is -4.09. The Balaban J connectivity index is 1.52. The molecule has 10 heteroatoms. The lowest BCUT2D eigenvalue weighted by Crippen LogP contribution is -2.40. The predicted octanol–water partition coefficient (Wildman–Crippen LogP) is 3.70. The largest absolute Gasteiger partial charge is 0.350 e. The number of likely N-dealkylation sites (tertiary alicyclic amines) is 1. The second-order valence-electron chi connectivity index (χ2n) is 8.63. The van der Waals surface area contributed by atoms with Gasteiger partial charge in [-0.15, -0.1) is 0 Å². The molecule has 36 heavy (non-hydrogen) atoms. The smallest absolute Gasteiger partial charge is 0.269 e. The first kappa shape index (κ1) is 25.3. The predicted molar refractivity (Wildman–Crippen MR) is 137 cm³/mol. The highest BCUT2D eigenvalue weighted by Gasteiger charge is 2.27. The number of hydrogen-bond acceptors (Lipinski definition) is 6. The molecular weight excluding hydrogens is 480 g/mol.